The molecule has 0 saturated carbocycles. The standard InChI is InChI=1S/C12H13N2O.Y/c1-8(2)10-4-6-11(7-5-10)12-14-13-9(3)15-12;/h4,6-8H,1-3H3;/q-1;. The van der Waals surface area contributed by atoms with Crippen LogP contribution in [0.1, 0.15) is 31.2 Å². The van der Waals surface area contributed by atoms with E-state index in [1.54, 1.807) is 6.92 Å². The van der Waals surface area contributed by atoms with Crippen LogP contribution in [0.4, 0.5) is 0 Å². The van der Waals surface area contributed by atoms with E-state index in [1.165, 1.54) is 5.56 Å². The van der Waals surface area contributed by atoms with Gasteiger partial charge in [-0.1, -0.05) is 19.4 Å². The number of benzene rings is 1. The molecule has 1 heterocycles. The van der Waals surface area contributed by atoms with Crippen LogP contribution in [0.15, 0.2) is 22.6 Å². The summed E-state index contributed by atoms with van der Waals surface area (Å²) in [6.45, 7) is 6.06. The first kappa shape index (κ1) is 13.5. The van der Waals surface area contributed by atoms with E-state index in [-0.39, 0.29) is 32.7 Å². The van der Waals surface area contributed by atoms with Gasteiger partial charge in [0, 0.05) is 39.6 Å². The van der Waals surface area contributed by atoms with Gasteiger partial charge in [0.05, 0.1) is 0 Å². The molecule has 0 aliphatic heterocycles. The summed E-state index contributed by atoms with van der Waals surface area (Å²) in [4.78, 5) is 0. The third-order valence-electron chi connectivity index (χ3n) is 2.23. The number of hydrogen-bond acceptors (Lipinski definition) is 3. The van der Waals surface area contributed by atoms with Gasteiger partial charge >= 0.3 is 0 Å². The molecule has 0 saturated heterocycles. The van der Waals surface area contributed by atoms with Gasteiger partial charge in [0.1, 0.15) is 0 Å². The molecule has 4 heteroatoms. The van der Waals surface area contributed by atoms with E-state index in [9.17, 15) is 0 Å². The minimum Gasteiger partial charge on any atom is -0.433 e. The van der Waals surface area contributed by atoms with Crippen LogP contribution in [0.2, 0.25) is 0 Å². The molecule has 0 atom stereocenters. The van der Waals surface area contributed by atoms with Gasteiger partial charge in [-0.25, -0.2) is 0 Å². The van der Waals surface area contributed by atoms with E-state index in [1.807, 2.05) is 18.2 Å². The van der Waals surface area contributed by atoms with Crippen LogP contribution in [-0.4, -0.2) is 10.2 Å². The van der Waals surface area contributed by atoms with E-state index in [0.29, 0.717) is 17.7 Å². The summed E-state index contributed by atoms with van der Waals surface area (Å²) < 4.78 is 5.33. The Bertz CT molecular complexity index is 448. The minimum atomic E-state index is 0. The summed E-state index contributed by atoms with van der Waals surface area (Å²) >= 11 is 0. The van der Waals surface area contributed by atoms with E-state index in [4.69, 9.17) is 4.42 Å². The number of nitrogens with zero attached hydrogens (tertiary/aromatic N) is 2. The third-order valence-corrected chi connectivity index (χ3v) is 2.23. The van der Waals surface area contributed by atoms with Crippen molar-refractivity contribution in [1.29, 1.82) is 0 Å². The topological polar surface area (TPSA) is 38.9 Å². The molecule has 1 aromatic carbocycles. The van der Waals surface area contributed by atoms with Crippen LogP contribution in [0.5, 0.6) is 0 Å². The fourth-order valence-electron chi connectivity index (χ4n) is 1.34. The number of hydrogen-bond donors (Lipinski definition) is 0. The first-order valence-electron chi connectivity index (χ1n) is 4.99. The first-order valence-corrected chi connectivity index (χ1v) is 4.99. The molecule has 1 radical (unpaired) electrons. The molecule has 1 aromatic heterocycles. The van der Waals surface area contributed by atoms with Gasteiger partial charge in [-0.05, 0) is 5.92 Å². The Morgan fingerprint density at radius 3 is 2.44 bits per heavy atom. The van der Waals surface area contributed by atoms with Crippen molar-refractivity contribution in [3.05, 3.63) is 35.7 Å². The zero-order valence-electron chi connectivity index (χ0n) is 9.69. The van der Waals surface area contributed by atoms with Crippen LogP contribution in [0.25, 0.3) is 11.5 Å². The molecular weight excluding hydrogens is 277 g/mol. The number of rotatable bonds is 2. The molecule has 2 rings (SSSR count). The Morgan fingerprint density at radius 1 is 1.25 bits per heavy atom. The molecule has 0 aliphatic rings. The molecule has 0 fully saturated rings. The Hall–Kier alpha value is -0.536. The maximum atomic E-state index is 5.33. The molecule has 0 aliphatic carbocycles. The normalized spacial score (nSPS) is 10.2. The maximum Gasteiger partial charge on any atom is 0.212 e. The average molecular weight is 290 g/mol. The second kappa shape index (κ2) is 5.69. The molecule has 0 bridgehead atoms. The van der Waals surface area contributed by atoms with Crippen molar-refractivity contribution in [3.63, 3.8) is 0 Å². The first-order chi connectivity index (χ1) is 7.16. The molecular formula is C12H13N2OY-. The maximum absolute atomic E-state index is 5.33. The van der Waals surface area contributed by atoms with Crippen LogP contribution in [-0.2, 0) is 32.7 Å². The quantitative estimate of drug-likeness (QED) is 0.798. The van der Waals surface area contributed by atoms with Gasteiger partial charge < -0.3 is 4.42 Å². The van der Waals surface area contributed by atoms with Crippen molar-refractivity contribution in [2.24, 2.45) is 0 Å². The summed E-state index contributed by atoms with van der Waals surface area (Å²) in [6.07, 6.45) is 0. The van der Waals surface area contributed by atoms with Crippen LogP contribution in [0, 0.1) is 13.0 Å². The summed E-state index contributed by atoms with van der Waals surface area (Å²) in [5.74, 6) is 1.63. The number of aryl methyl sites for hydroxylation is 1. The summed E-state index contributed by atoms with van der Waals surface area (Å²) in [7, 11) is 0. The van der Waals surface area contributed by atoms with E-state index in [2.05, 4.69) is 30.1 Å². The summed E-state index contributed by atoms with van der Waals surface area (Å²) in [5, 5.41) is 7.74. The Kier molecular flexibility index (Phi) is 4.81. The molecule has 2 aromatic rings. The molecule has 0 unspecified atom stereocenters. The van der Waals surface area contributed by atoms with Crippen molar-refractivity contribution in [3.8, 4) is 11.5 Å². The van der Waals surface area contributed by atoms with Gasteiger partial charge in [0.15, 0.2) is 5.89 Å². The van der Waals surface area contributed by atoms with Gasteiger partial charge in [-0.3, -0.25) is 0 Å². The largest absolute Gasteiger partial charge is 0.433 e. The zero-order chi connectivity index (χ0) is 10.8. The van der Waals surface area contributed by atoms with E-state index < -0.39 is 0 Å². The van der Waals surface area contributed by atoms with Crippen LogP contribution < -0.4 is 0 Å². The van der Waals surface area contributed by atoms with Crippen molar-refractivity contribution in [2.75, 3.05) is 0 Å². The monoisotopic (exact) mass is 290 g/mol. The predicted molar refractivity (Wildman–Crippen MR) is 57.4 cm³/mol. The Balaban J connectivity index is 0.00000128. The van der Waals surface area contributed by atoms with Crippen molar-refractivity contribution in [1.82, 2.24) is 10.2 Å². The Labute approximate surface area is 121 Å². The smallest absolute Gasteiger partial charge is 0.212 e. The number of aromatic nitrogens is 2. The van der Waals surface area contributed by atoms with E-state index in [0.717, 1.165) is 5.56 Å². The van der Waals surface area contributed by atoms with Gasteiger partial charge in [0.25, 0.3) is 0 Å². The fraction of sp³-hybridized carbons (Fsp3) is 0.333. The molecule has 16 heavy (non-hydrogen) atoms. The Morgan fingerprint density at radius 2 is 2.00 bits per heavy atom. The van der Waals surface area contributed by atoms with Crippen LogP contribution in [0.3, 0.4) is 0 Å². The fourth-order valence-corrected chi connectivity index (χ4v) is 1.34. The summed E-state index contributed by atoms with van der Waals surface area (Å²) in [6, 6.07) is 9.13. The second-order valence-electron chi connectivity index (χ2n) is 3.81. The molecule has 0 spiro atoms. The van der Waals surface area contributed by atoms with Crippen molar-refractivity contribution >= 4 is 0 Å². The zero-order valence-corrected chi connectivity index (χ0v) is 12.5. The van der Waals surface area contributed by atoms with Gasteiger partial charge in [-0.2, -0.15) is 29.8 Å². The van der Waals surface area contributed by atoms with Crippen molar-refractivity contribution in [2.45, 2.75) is 26.7 Å². The van der Waals surface area contributed by atoms with Crippen LogP contribution >= 0.6 is 0 Å². The minimum absolute atomic E-state index is 0. The molecule has 0 amide bonds. The molecule has 0 N–H and O–H groups in total. The van der Waals surface area contributed by atoms with Gasteiger partial charge in [0.2, 0.25) is 5.89 Å². The molecule has 81 valence electrons. The summed E-state index contributed by atoms with van der Waals surface area (Å²) in [5.41, 5.74) is 2.11. The van der Waals surface area contributed by atoms with Crippen molar-refractivity contribution < 1.29 is 37.1 Å². The average Bonchev–Trinajstić information content (AvgIpc) is 2.65. The second-order valence-corrected chi connectivity index (χ2v) is 3.81. The SMILES string of the molecule is Cc1nnc(-c2c[c-]c(C(C)C)cc2)o1.[Y]. The van der Waals surface area contributed by atoms with Gasteiger partial charge in [-0.15, -0.1) is 10.2 Å². The predicted octanol–water partition coefficient (Wildman–Crippen LogP) is 2.97. The molecule has 3 nitrogen and oxygen atoms in total. The third kappa shape index (κ3) is 2.99. The van der Waals surface area contributed by atoms with E-state index >= 15 is 0 Å².